The number of rotatable bonds is 6. The molecular formula is C21H24N4O4. The zero-order chi connectivity index (χ0) is 21.0. The molecule has 2 aromatic rings. The van der Waals surface area contributed by atoms with Gasteiger partial charge < -0.3 is 16.0 Å². The SMILES string of the molecule is Cc1ccc(CNC(=O)C2CCN(c3ccc([N+](=O)[O-])cc3C(N)=O)CC2)cc1. The molecule has 0 saturated carbocycles. The van der Waals surface area contributed by atoms with E-state index in [1.165, 1.54) is 17.7 Å². The van der Waals surface area contributed by atoms with Crippen molar-refractivity contribution < 1.29 is 14.5 Å². The summed E-state index contributed by atoms with van der Waals surface area (Å²) in [7, 11) is 0. The number of nitro groups is 1. The maximum atomic E-state index is 12.5. The van der Waals surface area contributed by atoms with E-state index in [2.05, 4.69) is 5.32 Å². The van der Waals surface area contributed by atoms with Crippen LogP contribution in [0.15, 0.2) is 42.5 Å². The van der Waals surface area contributed by atoms with Crippen LogP contribution in [-0.2, 0) is 11.3 Å². The summed E-state index contributed by atoms with van der Waals surface area (Å²) in [5.41, 5.74) is 8.17. The van der Waals surface area contributed by atoms with Gasteiger partial charge in [-0.3, -0.25) is 19.7 Å². The highest BCUT2D eigenvalue weighted by Gasteiger charge is 2.27. The Morgan fingerprint density at radius 3 is 2.41 bits per heavy atom. The first kappa shape index (κ1) is 20.3. The minimum Gasteiger partial charge on any atom is -0.371 e. The molecule has 1 saturated heterocycles. The van der Waals surface area contributed by atoms with E-state index < -0.39 is 10.8 Å². The monoisotopic (exact) mass is 396 g/mol. The van der Waals surface area contributed by atoms with Gasteiger partial charge in [-0.15, -0.1) is 0 Å². The zero-order valence-corrected chi connectivity index (χ0v) is 16.3. The van der Waals surface area contributed by atoms with Crippen molar-refractivity contribution in [1.29, 1.82) is 0 Å². The Balaban J connectivity index is 1.60. The molecule has 3 N–H and O–H groups in total. The fourth-order valence-electron chi connectivity index (χ4n) is 3.53. The van der Waals surface area contributed by atoms with Gasteiger partial charge in [0.05, 0.1) is 16.2 Å². The van der Waals surface area contributed by atoms with Crippen molar-refractivity contribution in [2.45, 2.75) is 26.3 Å². The van der Waals surface area contributed by atoms with Gasteiger partial charge in [0.15, 0.2) is 0 Å². The van der Waals surface area contributed by atoms with E-state index in [0.29, 0.717) is 38.2 Å². The number of nitrogens with one attached hydrogen (secondary N) is 1. The van der Waals surface area contributed by atoms with Crippen molar-refractivity contribution >= 4 is 23.2 Å². The lowest BCUT2D eigenvalue weighted by atomic mass is 9.94. The van der Waals surface area contributed by atoms with Crippen LogP contribution in [0.25, 0.3) is 0 Å². The van der Waals surface area contributed by atoms with E-state index in [1.807, 2.05) is 36.1 Å². The molecular weight excluding hydrogens is 372 g/mol. The summed E-state index contributed by atoms with van der Waals surface area (Å²) in [6.07, 6.45) is 1.27. The number of hydrogen-bond donors (Lipinski definition) is 2. The second-order valence-electron chi connectivity index (χ2n) is 7.29. The third-order valence-corrected chi connectivity index (χ3v) is 5.25. The number of carbonyl (C=O) groups excluding carboxylic acids is 2. The quantitative estimate of drug-likeness (QED) is 0.574. The molecule has 0 spiro atoms. The molecule has 0 atom stereocenters. The number of aryl methyl sites for hydroxylation is 1. The maximum Gasteiger partial charge on any atom is 0.270 e. The van der Waals surface area contributed by atoms with Crippen LogP contribution < -0.4 is 16.0 Å². The molecule has 0 unspecified atom stereocenters. The van der Waals surface area contributed by atoms with Crippen molar-refractivity contribution in [3.05, 3.63) is 69.3 Å². The number of anilines is 1. The van der Waals surface area contributed by atoms with Gasteiger partial charge >= 0.3 is 0 Å². The summed E-state index contributed by atoms with van der Waals surface area (Å²) in [6.45, 7) is 3.65. The molecule has 1 heterocycles. The standard InChI is InChI=1S/C21H24N4O4/c1-14-2-4-15(5-3-14)13-23-21(27)16-8-10-24(11-9-16)19-7-6-17(25(28)29)12-18(19)20(22)26/h2-7,12,16H,8-11,13H2,1H3,(H2,22,26)(H,23,27). The van der Waals surface area contributed by atoms with Crippen LogP contribution in [0.5, 0.6) is 0 Å². The summed E-state index contributed by atoms with van der Waals surface area (Å²) < 4.78 is 0. The van der Waals surface area contributed by atoms with E-state index in [4.69, 9.17) is 5.73 Å². The van der Waals surface area contributed by atoms with Gasteiger partial charge in [0.2, 0.25) is 5.91 Å². The first-order valence-corrected chi connectivity index (χ1v) is 9.51. The third kappa shape index (κ3) is 4.90. The van der Waals surface area contributed by atoms with Crippen molar-refractivity contribution in [2.24, 2.45) is 11.7 Å². The molecule has 3 rings (SSSR count). The van der Waals surface area contributed by atoms with Crippen LogP contribution >= 0.6 is 0 Å². The van der Waals surface area contributed by atoms with E-state index >= 15 is 0 Å². The number of nitro benzene ring substituents is 1. The number of benzene rings is 2. The van der Waals surface area contributed by atoms with Crippen LogP contribution in [0.4, 0.5) is 11.4 Å². The molecule has 1 fully saturated rings. The number of nitrogens with zero attached hydrogens (tertiary/aromatic N) is 2. The fraction of sp³-hybridized carbons (Fsp3) is 0.333. The van der Waals surface area contributed by atoms with Gasteiger partial charge in [0.1, 0.15) is 0 Å². The number of piperidine rings is 1. The molecule has 2 aromatic carbocycles. The van der Waals surface area contributed by atoms with Crippen LogP contribution in [0.3, 0.4) is 0 Å². The highest BCUT2D eigenvalue weighted by Crippen LogP contribution is 2.29. The van der Waals surface area contributed by atoms with Crippen molar-refractivity contribution in [1.82, 2.24) is 5.32 Å². The number of hydrogen-bond acceptors (Lipinski definition) is 5. The molecule has 0 aliphatic carbocycles. The Morgan fingerprint density at radius 1 is 1.17 bits per heavy atom. The Bertz CT molecular complexity index is 919. The Hall–Kier alpha value is -3.42. The molecule has 1 aliphatic heterocycles. The second-order valence-corrected chi connectivity index (χ2v) is 7.29. The summed E-state index contributed by atoms with van der Waals surface area (Å²) in [6, 6.07) is 12.1. The van der Waals surface area contributed by atoms with E-state index in [9.17, 15) is 19.7 Å². The number of non-ortho nitro benzene ring substituents is 1. The first-order chi connectivity index (χ1) is 13.8. The van der Waals surface area contributed by atoms with Gasteiger partial charge in [-0.2, -0.15) is 0 Å². The molecule has 0 bridgehead atoms. The van der Waals surface area contributed by atoms with Gasteiger partial charge in [-0.1, -0.05) is 29.8 Å². The molecule has 0 radical (unpaired) electrons. The fourth-order valence-corrected chi connectivity index (χ4v) is 3.53. The van der Waals surface area contributed by atoms with Crippen molar-refractivity contribution in [3.8, 4) is 0 Å². The van der Waals surface area contributed by atoms with E-state index in [-0.39, 0.29) is 23.1 Å². The Kier molecular flexibility index (Phi) is 6.11. The highest BCUT2D eigenvalue weighted by molar-refractivity contribution is 5.99. The normalized spacial score (nSPS) is 14.4. The molecule has 8 nitrogen and oxygen atoms in total. The Morgan fingerprint density at radius 2 is 1.83 bits per heavy atom. The van der Waals surface area contributed by atoms with Crippen molar-refractivity contribution in [2.75, 3.05) is 18.0 Å². The minimum absolute atomic E-state index is 0.0176. The van der Waals surface area contributed by atoms with Gasteiger partial charge in [-0.25, -0.2) is 0 Å². The van der Waals surface area contributed by atoms with E-state index in [1.54, 1.807) is 6.07 Å². The lowest BCUT2D eigenvalue weighted by Gasteiger charge is -2.33. The van der Waals surface area contributed by atoms with Gasteiger partial charge in [0.25, 0.3) is 11.6 Å². The number of nitrogens with two attached hydrogens (primary N) is 1. The Labute approximate surface area is 168 Å². The van der Waals surface area contributed by atoms with E-state index in [0.717, 1.165) is 5.56 Å². The number of carbonyl (C=O) groups is 2. The zero-order valence-electron chi connectivity index (χ0n) is 16.3. The summed E-state index contributed by atoms with van der Waals surface area (Å²) in [5.74, 6) is -0.794. The largest absolute Gasteiger partial charge is 0.371 e. The second kappa shape index (κ2) is 8.72. The molecule has 0 aromatic heterocycles. The lowest BCUT2D eigenvalue weighted by molar-refractivity contribution is -0.384. The van der Waals surface area contributed by atoms with Crippen LogP contribution in [0.2, 0.25) is 0 Å². The predicted molar refractivity (Wildman–Crippen MR) is 110 cm³/mol. The maximum absolute atomic E-state index is 12.5. The predicted octanol–water partition coefficient (Wildman–Crippen LogP) is 2.53. The topological polar surface area (TPSA) is 119 Å². The third-order valence-electron chi connectivity index (χ3n) is 5.25. The van der Waals surface area contributed by atoms with Gasteiger partial charge in [-0.05, 0) is 31.4 Å². The van der Waals surface area contributed by atoms with Crippen LogP contribution in [0.1, 0.15) is 34.3 Å². The molecule has 29 heavy (non-hydrogen) atoms. The molecule has 8 heteroatoms. The summed E-state index contributed by atoms with van der Waals surface area (Å²) in [4.78, 5) is 36.6. The average molecular weight is 396 g/mol. The highest BCUT2D eigenvalue weighted by atomic mass is 16.6. The first-order valence-electron chi connectivity index (χ1n) is 9.51. The molecule has 152 valence electrons. The number of primary amides is 1. The summed E-state index contributed by atoms with van der Waals surface area (Å²) >= 11 is 0. The molecule has 2 amide bonds. The van der Waals surface area contributed by atoms with Crippen LogP contribution in [-0.4, -0.2) is 29.8 Å². The van der Waals surface area contributed by atoms with Crippen LogP contribution in [0, 0.1) is 23.0 Å². The molecule has 1 aliphatic rings. The smallest absolute Gasteiger partial charge is 0.270 e. The lowest BCUT2D eigenvalue weighted by Crippen LogP contribution is -2.41. The van der Waals surface area contributed by atoms with Gasteiger partial charge in [0, 0.05) is 37.7 Å². The minimum atomic E-state index is -0.707. The van der Waals surface area contributed by atoms with Crippen molar-refractivity contribution in [3.63, 3.8) is 0 Å². The number of amides is 2. The summed E-state index contributed by atoms with van der Waals surface area (Å²) in [5, 5.41) is 13.9. The average Bonchev–Trinajstić information content (AvgIpc) is 2.72.